The number of hydrogen-bond donors (Lipinski definition) is 0. The Bertz CT molecular complexity index is 946. The monoisotopic (exact) mass is 314 g/mol. The van der Waals surface area contributed by atoms with Gasteiger partial charge >= 0.3 is 0 Å². The summed E-state index contributed by atoms with van der Waals surface area (Å²) < 4.78 is 2.29. The Morgan fingerprint density at radius 3 is 2.29 bits per heavy atom. The molecule has 0 spiro atoms. The molecule has 1 heterocycles. The summed E-state index contributed by atoms with van der Waals surface area (Å²) in [4.78, 5) is 0. The molecule has 1 aromatic heterocycles. The van der Waals surface area contributed by atoms with Gasteiger partial charge in [-0.15, -0.1) is 0 Å². The average Bonchev–Trinajstić information content (AvgIpc) is 2.62. The molecule has 0 amide bonds. The van der Waals surface area contributed by atoms with Gasteiger partial charge in [-0.3, -0.25) is 0 Å². The van der Waals surface area contributed by atoms with Crippen LogP contribution in [0.15, 0.2) is 48.7 Å². The summed E-state index contributed by atoms with van der Waals surface area (Å²) in [6, 6.07) is 16.0. The lowest BCUT2D eigenvalue weighted by Gasteiger charge is -2.38. The van der Waals surface area contributed by atoms with Crippen LogP contribution in [0.1, 0.15) is 54.2 Å². The molecule has 1 nitrogen and oxygen atoms in total. The first kappa shape index (κ1) is 14.2. The second kappa shape index (κ2) is 5.17. The van der Waals surface area contributed by atoms with Crippen molar-refractivity contribution in [1.82, 2.24) is 0 Å². The molecule has 1 saturated carbocycles. The molecule has 1 fully saturated rings. The maximum absolute atomic E-state index is 2.53. The van der Waals surface area contributed by atoms with Gasteiger partial charge in [0.1, 0.15) is 7.05 Å². The number of aryl methyl sites for hydroxylation is 2. The number of hydrogen-bond acceptors (Lipinski definition) is 0. The zero-order valence-electron chi connectivity index (χ0n) is 14.5. The Morgan fingerprint density at radius 1 is 0.875 bits per heavy atom. The zero-order chi connectivity index (χ0) is 16.3. The van der Waals surface area contributed by atoms with Gasteiger partial charge in [0, 0.05) is 6.07 Å². The van der Waals surface area contributed by atoms with Crippen molar-refractivity contribution >= 4 is 10.8 Å². The highest BCUT2D eigenvalue weighted by Crippen LogP contribution is 2.50. The Morgan fingerprint density at radius 2 is 1.54 bits per heavy atom. The van der Waals surface area contributed by atoms with Crippen molar-refractivity contribution in [3.8, 4) is 11.3 Å². The van der Waals surface area contributed by atoms with Crippen molar-refractivity contribution in [2.24, 2.45) is 7.05 Å². The van der Waals surface area contributed by atoms with Crippen LogP contribution in [0.4, 0.5) is 0 Å². The molecule has 0 aliphatic heterocycles. The fourth-order valence-electron chi connectivity index (χ4n) is 5.07. The second-order valence-corrected chi connectivity index (χ2v) is 7.71. The highest BCUT2D eigenvalue weighted by atomic mass is 14.9. The molecule has 120 valence electrons. The minimum atomic E-state index is 0.796. The van der Waals surface area contributed by atoms with E-state index in [1.807, 2.05) is 0 Å². The lowest BCUT2D eigenvalue weighted by molar-refractivity contribution is -0.659. The highest BCUT2D eigenvalue weighted by Gasteiger charge is 2.34. The number of nitrogens with zero attached hydrogens (tertiary/aromatic N) is 1. The summed E-state index contributed by atoms with van der Waals surface area (Å²) in [6.45, 7) is 2.29. The van der Waals surface area contributed by atoms with Crippen LogP contribution in [0.25, 0.3) is 22.0 Å². The van der Waals surface area contributed by atoms with Crippen LogP contribution in [0.3, 0.4) is 0 Å². The summed E-state index contributed by atoms with van der Waals surface area (Å²) in [6.07, 6.45) is 7.78. The van der Waals surface area contributed by atoms with Gasteiger partial charge in [0.05, 0.1) is 10.9 Å². The topological polar surface area (TPSA) is 3.88 Å². The maximum Gasteiger partial charge on any atom is 0.220 e. The summed E-state index contributed by atoms with van der Waals surface area (Å²) in [7, 11) is 2.17. The third-order valence-electron chi connectivity index (χ3n) is 6.34. The first-order valence-electron chi connectivity index (χ1n) is 9.24. The third kappa shape index (κ3) is 1.97. The van der Waals surface area contributed by atoms with E-state index in [-0.39, 0.29) is 0 Å². The molecule has 2 bridgehead atoms. The van der Waals surface area contributed by atoms with Crippen LogP contribution in [0, 0.1) is 6.92 Å². The van der Waals surface area contributed by atoms with Gasteiger partial charge in [0.15, 0.2) is 6.20 Å². The molecule has 0 unspecified atom stereocenters. The molecule has 0 N–H and O–H groups in total. The van der Waals surface area contributed by atoms with E-state index in [1.165, 1.54) is 53.3 Å². The lowest BCUT2D eigenvalue weighted by atomic mass is 9.66. The maximum atomic E-state index is 2.53. The Kier molecular flexibility index (Phi) is 3.06. The summed E-state index contributed by atoms with van der Waals surface area (Å²) >= 11 is 0. The van der Waals surface area contributed by atoms with Crippen LogP contribution in [0.2, 0.25) is 0 Å². The predicted molar refractivity (Wildman–Crippen MR) is 99.2 cm³/mol. The van der Waals surface area contributed by atoms with E-state index in [0.717, 1.165) is 11.8 Å². The van der Waals surface area contributed by atoms with Gasteiger partial charge in [-0.1, -0.05) is 24.3 Å². The summed E-state index contributed by atoms with van der Waals surface area (Å²) in [5, 5.41) is 2.68. The van der Waals surface area contributed by atoms with Gasteiger partial charge in [0.25, 0.3) is 0 Å². The molecule has 3 aliphatic carbocycles. The van der Waals surface area contributed by atoms with Crippen molar-refractivity contribution in [2.45, 2.75) is 44.4 Å². The summed E-state index contributed by atoms with van der Waals surface area (Å²) in [5.41, 5.74) is 7.50. The van der Waals surface area contributed by atoms with E-state index < -0.39 is 0 Å². The smallest absolute Gasteiger partial charge is 0.200 e. The van der Waals surface area contributed by atoms with E-state index in [4.69, 9.17) is 0 Å². The number of pyridine rings is 1. The molecule has 24 heavy (non-hydrogen) atoms. The fraction of sp³-hybridized carbons (Fsp3) is 0.348. The van der Waals surface area contributed by atoms with Gasteiger partial charge in [-0.2, -0.15) is 0 Å². The standard InChI is InChI=1S/C23H24N/c1-15-13-21-17-7-9-18(10-8-17)22(21)14-20(15)23-19-6-4-3-5-16(19)11-12-24(23)2/h3-6,11-14,17-18H,7-10H2,1-2H3/q+1. The normalized spacial score (nSPS) is 21.9. The second-order valence-electron chi connectivity index (χ2n) is 7.71. The van der Waals surface area contributed by atoms with Gasteiger partial charge < -0.3 is 0 Å². The SMILES string of the molecule is Cc1cc2c(cc1-c1c3ccccc3cc[n+]1C)C1CCC2CC1. The molecular formula is C23H24N+. The zero-order valence-corrected chi connectivity index (χ0v) is 14.5. The molecule has 3 aliphatic rings. The lowest BCUT2D eigenvalue weighted by Crippen LogP contribution is -2.31. The van der Waals surface area contributed by atoms with Crippen molar-refractivity contribution in [2.75, 3.05) is 0 Å². The van der Waals surface area contributed by atoms with Crippen molar-refractivity contribution in [1.29, 1.82) is 0 Å². The van der Waals surface area contributed by atoms with E-state index in [1.54, 1.807) is 11.1 Å². The van der Waals surface area contributed by atoms with E-state index in [2.05, 4.69) is 67.2 Å². The van der Waals surface area contributed by atoms with E-state index >= 15 is 0 Å². The van der Waals surface area contributed by atoms with Crippen molar-refractivity contribution < 1.29 is 4.57 Å². The van der Waals surface area contributed by atoms with Crippen LogP contribution >= 0.6 is 0 Å². The van der Waals surface area contributed by atoms with E-state index in [0.29, 0.717) is 0 Å². The molecule has 3 aromatic rings. The van der Waals surface area contributed by atoms with Crippen LogP contribution in [-0.2, 0) is 7.05 Å². The number of fused-ring (bicyclic) bond motifs is 3. The average molecular weight is 314 g/mol. The number of rotatable bonds is 1. The Hall–Kier alpha value is -2.15. The van der Waals surface area contributed by atoms with Crippen molar-refractivity contribution in [3.05, 3.63) is 65.4 Å². The Labute approximate surface area is 144 Å². The molecule has 1 heteroatoms. The number of aromatic nitrogens is 1. The summed E-state index contributed by atoms with van der Waals surface area (Å²) in [5.74, 6) is 1.61. The molecule has 0 saturated heterocycles. The number of benzene rings is 2. The minimum Gasteiger partial charge on any atom is -0.200 e. The van der Waals surface area contributed by atoms with Gasteiger partial charge in [0.2, 0.25) is 5.69 Å². The van der Waals surface area contributed by atoms with Gasteiger partial charge in [-0.05, 0) is 78.7 Å². The third-order valence-corrected chi connectivity index (χ3v) is 6.34. The van der Waals surface area contributed by atoms with E-state index in [9.17, 15) is 0 Å². The molecule has 6 rings (SSSR count). The predicted octanol–water partition coefficient (Wildman–Crippen LogP) is 5.39. The van der Waals surface area contributed by atoms with Crippen molar-refractivity contribution in [3.63, 3.8) is 0 Å². The van der Waals surface area contributed by atoms with Crippen LogP contribution in [-0.4, -0.2) is 0 Å². The molecule has 0 atom stereocenters. The fourth-order valence-corrected chi connectivity index (χ4v) is 5.07. The molecular weight excluding hydrogens is 290 g/mol. The highest BCUT2D eigenvalue weighted by molar-refractivity contribution is 5.93. The molecule has 0 radical (unpaired) electrons. The van der Waals surface area contributed by atoms with Gasteiger partial charge in [-0.25, -0.2) is 4.57 Å². The molecule has 2 aromatic carbocycles. The first-order valence-corrected chi connectivity index (χ1v) is 9.24. The quantitative estimate of drug-likeness (QED) is 0.530. The van der Waals surface area contributed by atoms with Crippen LogP contribution in [0.5, 0.6) is 0 Å². The first-order chi connectivity index (χ1) is 11.7. The minimum absolute atomic E-state index is 0.796. The Balaban J connectivity index is 1.80. The van der Waals surface area contributed by atoms with Crippen LogP contribution < -0.4 is 4.57 Å². The largest absolute Gasteiger partial charge is 0.220 e.